The van der Waals surface area contributed by atoms with Crippen molar-refractivity contribution in [2.24, 2.45) is 0 Å². The molecule has 150 valence electrons. The molecule has 1 aromatic carbocycles. The summed E-state index contributed by atoms with van der Waals surface area (Å²) in [5, 5.41) is 4.00. The molecule has 2 saturated heterocycles. The van der Waals surface area contributed by atoms with Crippen molar-refractivity contribution >= 4 is 15.7 Å². The summed E-state index contributed by atoms with van der Waals surface area (Å²) >= 11 is 0. The van der Waals surface area contributed by atoms with Gasteiger partial charge >= 0.3 is 0 Å². The fourth-order valence-corrected chi connectivity index (χ4v) is 5.70. The van der Waals surface area contributed by atoms with Gasteiger partial charge in [-0.25, -0.2) is 12.8 Å². The monoisotopic (exact) mass is 407 g/mol. The van der Waals surface area contributed by atoms with Crippen LogP contribution in [0.3, 0.4) is 0 Å². The summed E-state index contributed by atoms with van der Waals surface area (Å²) in [5.74, 6) is 0.352. The molecule has 2 aliphatic rings. The lowest BCUT2D eigenvalue weighted by molar-refractivity contribution is 0.0587. The number of hydrogen-bond acceptors (Lipinski definition) is 6. The number of aromatic nitrogens is 1. The van der Waals surface area contributed by atoms with Gasteiger partial charge in [0.1, 0.15) is 22.8 Å². The third-order valence-electron chi connectivity index (χ3n) is 5.52. The topological polar surface area (TPSA) is 83.7 Å². The molecular weight excluding hydrogens is 385 g/mol. The van der Waals surface area contributed by atoms with E-state index in [9.17, 15) is 17.6 Å². The van der Waals surface area contributed by atoms with Crippen LogP contribution >= 0.6 is 0 Å². The van der Waals surface area contributed by atoms with Gasteiger partial charge in [0.25, 0.3) is 5.91 Å². The van der Waals surface area contributed by atoms with E-state index in [1.54, 1.807) is 24.0 Å². The van der Waals surface area contributed by atoms with Crippen molar-refractivity contribution in [1.82, 2.24) is 15.0 Å². The van der Waals surface area contributed by atoms with E-state index < -0.39 is 9.84 Å². The molecule has 3 heterocycles. The van der Waals surface area contributed by atoms with Gasteiger partial charge in [0, 0.05) is 37.8 Å². The van der Waals surface area contributed by atoms with Crippen molar-refractivity contribution in [3.63, 3.8) is 0 Å². The van der Waals surface area contributed by atoms with E-state index in [-0.39, 0.29) is 29.3 Å². The van der Waals surface area contributed by atoms with Crippen molar-refractivity contribution in [2.75, 3.05) is 37.7 Å². The van der Waals surface area contributed by atoms with E-state index in [1.165, 1.54) is 12.1 Å². The summed E-state index contributed by atoms with van der Waals surface area (Å²) in [5.41, 5.74) is 1.42. The van der Waals surface area contributed by atoms with E-state index in [0.717, 1.165) is 0 Å². The number of carbonyl (C=O) groups excluding carboxylic acids is 1. The van der Waals surface area contributed by atoms with Crippen LogP contribution in [0.2, 0.25) is 0 Å². The average Bonchev–Trinajstić information content (AvgIpc) is 3.24. The van der Waals surface area contributed by atoms with Crippen LogP contribution in [-0.2, 0) is 9.84 Å². The fraction of sp³-hybridized carbons (Fsp3) is 0.474. The molecule has 1 amide bonds. The second-order valence-electron chi connectivity index (χ2n) is 7.35. The molecule has 0 aliphatic carbocycles. The normalized spacial score (nSPS) is 22.5. The zero-order chi connectivity index (χ0) is 19.9. The van der Waals surface area contributed by atoms with Crippen LogP contribution < -0.4 is 0 Å². The highest BCUT2D eigenvalue weighted by atomic mass is 32.2. The lowest BCUT2D eigenvalue weighted by Crippen LogP contribution is -2.52. The summed E-state index contributed by atoms with van der Waals surface area (Å²) in [6.45, 7) is 4.00. The standard InChI is InChI=1S/C19H22FN3O4S/c1-13-17(18(21-27-13)14-2-4-15(20)5-3-14)19(24)23-9-7-22(8-10-23)16-6-11-28(25,26)12-16/h2-5,16H,6-12H2,1H3. The smallest absolute Gasteiger partial charge is 0.259 e. The largest absolute Gasteiger partial charge is 0.360 e. The molecule has 7 nitrogen and oxygen atoms in total. The summed E-state index contributed by atoms with van der Waals surface area (Å²) in [6, 6.07) is 5.84. The predicted octanol–water partition coefficient (Wildman–Crippen LogP) is 1.73. The molecule has 0 N–H and O–H groups in total. The van der Waals surface area contributed by atoms with Gasteiger partial charge in [-0.1, -0.05) is 5.16 Å². The molecule has 2 fully saturated rings. The van der Waals surface area contributed by atoms with Crippen molar-refractivity contribution in [1.29, 1.82) is 0 Å². The number of halogens is 1. The van der Waals surface area contributed by atoms with Crippen LogP contribution in [0, 0.1) is 12.7 Å². The number of sulfone groups is 1. The number of piperazine rings is 1. The van der Waals surface area contributed by atoms with Gasteiger partial charge in [0.05, 0.1) is 11.5 Å². The van der Waals surface area contributed by atoms with Crippen LogP contribution in [-0.4, -0.2) is 73.0 Å². The molecule has 9 heteroatoms. The third kappa shape index (κ3) is 3.68. The lowest BCUT2D eigenvalue weighted by atomic mass is 10.0. The number of carbonyl (C=O) groups is 1. The molecule has 0 radical (unpaired) electrons. The first-order valence-electron chi connectivity index (χ1n) is 9.30. The SMILES string of the molecule is Cc1onc(-c2ccc(F)cc2)c1C(=O)N1CCN(C2CCS(=O)(=O)C2)CC1. The van der Waals surface area contributed by atoms with Crippen LogP contribution in [0.25, 0.3) is 11.3 Å². The molecule has 4 rings (SSSR count). The average molecular weight is 407 g/mol. The minimum absolute atomic E-state index is 0.0503. The van der Waals surface area contributed by atoms with Crippen molar-refractivity contribution in [3.8, 4) is 11.3 Å². The number of aryl methyl sites for hydroxylation is 1. The van der Waals surface area contributed by atoms with E-state index in [0.29, 0.717) is 55.2 Å². The Morgan fingerprint density at radius 1 is 1.18 bits per heavy atom. The predicted molar refractivity (Wildman–Crippen MR) is 101 cm³/mol. The van der Waals surface area contributed by atoms with Gasteiger partial charge in [0.15, 0.2) is 9.84 Å². The maximum Gasteiger partial charge on any atom is 0.259 e. The maximum atomic E-state index is 13.2. The fourth-order valence-electron chi connectivity index (χ4n) is 3.94. The first-order chi connectivity index (χ1) is 13.3. The zero-order valence-electron chi connectivity index (χ0n) is 15.6. The summed E-state index contributed by atoms with van der Waals surface area (Å²) < 4.78 is 41.9. The lowest BCUT2D eigenvalue weighted by Gasteiger charge is -2.37. The van der Waals surface area contributed by atoms with Gasteiger partial charge < -0.3 is 9.42 Å². The molecule has 2 aliphatic heterocycles. The highest BCUT2D eigenvalue weighted by molar-refractivity contribution is 7.91. The summed E-state index contributed by atoms with van der Waals surface area (Å²) in [6.07, 6.45) is 0.662. The Bertz CT molecular complexity index is 979. The van der Waals surface area contributed by atoms with Gasteiger partial charge in [0.2, 0.25) is 0 Å². The van der Waals surface area contributed by atoms with Crippen LogP contribution in [0.5, 0.6) is 0 Å². The molecule has 1 atom stereocenters. The highest BCUT2D eigenvalue weighted by Gasteiger charge is 2.35. The second-order valence-corrected chi connectivity index (χ2v) is 9.58. The summed E-state index contributed by atoms with van der Waals surface area (Å²) in [7, 11) is -2.92. The Morgan fingerprint density at radius 2 is 1.86 bits per heavy atom. The Morgan fingerprint density at radius 3 is 2.46 bits per heavy atom. The second kappa shape index (κ2) is 7.29. The molecule has 0 spiro atoms. The van der Waals surface area contributed by atoms with Crippen LogP contribution in [0.1, 0.15) is 22.5 Å². The third-order valence-corrected chi connectivity index (χ3v) is 7.27. The summed E-state index contributed by atoms with van der Waals surface area (Å²) in [4.78, 5) is 17.0. The number of hydrogen-bond donors (Lipinski definition) is 0. The number of rotatable bonds is 3. The Hall–Kier alpha value is -2.26. The number of benzene rings is 1. The molecule has 2 aromatic rings. The van der Waals surface area contributed by atoms with E-state index >= 15 is 0 Å². The minimum Gasteiger partial charge on any atom is -0.360 e. The van der Waals surface area contributed by atoms with Crippen molar-refractivity contribution in [2.45, 2.75) is 19.4 Å². The number of nitrogens with zero attached hydrogens (tertiary/aromatic N) is 3. The van der Waals surface area contributed by atoms with Crippen molar-refractivity contribution < 1.29 is 22.1 Å². The maximum absolute atomic E-state index is 13.2. The molecular formula is C19H22FN3O4S. The Kier molecular flexibility index (Phi) is 4.96. The Balaban J connectivity index is 1.48. The molecule has 1 unspecified atom stereocenters. The molecule has 28 heavy (non-hydrogen) atoms. The van der Waals surface area contributed by atoms with Crippen LogP contribution in [0.15, 0.2) is 28.8 Å². The molecule has 1 aromatic heterocycles. The van der Waals surface area contributed by atoms with E-state index in [2.05, 4.69) is 10.1 Å². The first-order valence-corrected chi connectivity index (χ1v) is 11.1. The zero-order valence-corrected chi connectivity index (χ0v) is 16.4. The number of amides is 1. The highest BCUT2D eigenvalue weighted by Crippen LogP contribution is 2.27. The van der Waals surface area contributed by atoms with Gasteiger partial charge in [-0.2, -0.15) is 0 Å². The van der Waals surface area contributed by atoms with Crippen LogP contribution in [0.4, 0.5) is 4.39 Å². The molecule has 0 saturated carbocycles. The molecule has 0 bridgehead atoms. The van der Waals surface area contributed by atoms with Gasteiger partial charge in [-0.05, 0) is 37.6 Å². The van der Waals surface area contributed by atoms with Crippen molar-refractivity contribution in [3.05, 3.63) is 41.4 Å². The quantitative estimate of drug-likeness (QED) is 0.771. The first kappa shape index (κ1) is 19.1. The Labute approximate surface area is 163 Å². The van der Waals surface area contributed by atoms with Gasteiger partial charge in [-0.15, -0.1) is 0 Å². The van der Waals surface area contributed by atoms with E-state index in [1.807, 2.05) is 0 Å². The minimum atomic E-state index is -2.92. The van der Waals surface area contributed by atoms with E-state index in [4.69, 9.17) is 4.52 Å². The van der Waals surface area contributed by atoms with Gasteiger partial charge in [-0.3, -0.25) is 9.69 Å².